The van der Waals surface area contributed by atoms with Crippen LogP contribution in [0.15, 0.2) is 0 Å². The number of nitriles is 2. The quantitative estimate of drug-likeness (QED) is 0.189. The van der Waals surface area contributed by atoms with E-state index in [4.69, 9.17) is 36.0 Å². The van der Waals surface area contributed by atoms with Crippen molar-refractivity contribution in [3.63, 3.8) is 0 Å². The van der Waals surface area contributed by atoms with Crippen molar-refractivity contribution in [2.24, 2.45) is 5.73 Å². The Morgan fingerprint density at radius 2 is 1.17 bits per heavy atom. The molecule has 0 aromatic rings. The summed E-state index contributed by atoms with van der Waals surface area (Å²) >= 11 is 0. The summed E-state index contributed by atoms with van der Waals surface area (Å²) in [5.41, 5.74) is 5.75. The van der Waals surface area contributed by atoms with Gasteiger partial charge in [0.1, 0.15) is 0 Å². The molecule has 0 aliphatic carbocycles. The molecule has 13 nitrogen and oxygen atoms in total. The van der Waals surface area contributed by atoms with Gasteiger partial charge in [-0.3, -0.25) is 24.3 Å². The first-order valence-corrected chi connectivity index (χ1v) is 11.9. The first kappa shape index (κ1) is 30.6. The predicted molar refractivity (Wildman–Crippen MR) is 134 cm³/mol. The van der Waals surface area contributed by atoms with Gasteiger partial charge in [0.2, 0.25) is 0 Å². The van der Waals surface area contributed by atoms with Crippen LogP contribution in [0.1, 0.15) is 0 Å². The third kappa shape index (κ3) is 11.8. The summed E-state index contributed by atoms with van der Waals surface area (Å²) in [6.07, 6.45) is 0. The minimum absolute atomic E-state index is 0.0244. The van der Waals surface area contributed by atoms with E-state index in [9.17, 15) is 4.79 Å². The van der Waals surface area contributed by atoms with Crippen molar-refractivity contribution in [2.45, 2.75) is 0 Å². The van der Waals surface area contributed by atoms with Crippen LogP contribution in [0.5, 0.6) is 0 Å². The van der Waals surface area contributed by atoms with E-state index < -0.39 is 0 Å². The van der Waals surface area contributed by atoms with E-state index in [2.05, 4.69) is 31.6 Å². The van der Waals surface area contributed by atoms with Crippen LogP contribution in [0.4, 0.5) is 4.79 Å². The fourth-order valence-electron chi connectivity index (χ4n) is 3.81. The normalized spacial score (nSPS) is 13.2. The van der Waals surface area contributed by atoms with Crippen molar-refractivity contribution < 1.29 is 4.79 Å². The average Bonchev–Trinajstić information content (AvgIpc) is 3.22. The van der Waals surface area contributed by atoms with Gasteiger partial charge in [0.05, 0.1) is 25.2 Å². The molecule has 0 aromatic carbocycles. The van der Waals surface area contributed by atoms with Crippen LogP contribution in [-0.4, -0.2) is 147 Å². The first-order valence-electron chi connectivity index (χ1n) is 11.9. The average molecular weight is 497 g/mol. The van der Waals surface area contributed by atoms with E-state index >= 15 is 0 Å². The van der Waals surface area contributed by atoms with Crippen molar-refractivity contribution in [1.29, 1.82) is 10.5 Å². The van der Waals surface area contributed by atoms with Gasteiger partial charge in [-0.15, -0.1) is 0 Å². The summed E-state index contributed by atoms with van der Waals surface area (Å²) < 4.78 is 0. The molecule has 1 aliphatic heterocycles. The Kier molecular flexibility index (Phi) is 16.0. The van der Waals surface area contributed by atoms with Crippen LogP contribution < -0.4 is 5.73 Å². The van der Waals surface area contributed by atoms with Gasteiger partial charge in [-0.25, -0.2) is 29.4 Å². The van der Waals surface area contributed by atoms with E-state index in [1.54, 1.807) is 14.7 Å². The molecule has 1 rings (SSSR count). The van der Waals surface area contributed by atoms with E-state index in [0.29, 0.717) is 78.5 Å². The molecule has 0 radical (unpaired) electrons. The van der Waals surface area contributed by atoms with Crippen LogP contribution in [0.3, 0.4) is 0 Å². The zero-order valence-corrected chi connectivity index (χ0v) is 20.9. The van der Waals surface area contributed by atoms with E-state index in [1.807, 2.05) is 9.80 Å². The van der Waals surface area contributed by atoms with E-state index in [-0.39, 0.29) is 39.1 Å². The molecule has 1 saturated heterocycles. The first-order chi connectivity index (χ1) is 17.5. The van der Waals surface area contributed by atoms with Gasteiger partial charge in [-0.2, -0.15) is 15.4 Å². The molecule has 1 fully saturated rings. The second kappa shape index (κ2) is 18.8. The molecule has 1 aliphatic rings. The number of hydrogen-bond donors (Lipinski definition) is 1. The molecule has 0 bridgehead atoms. The summed E-state index contributed by atoms with van der Waals surface area (Å²) in [6.45, 7) is 29.2. The number of carbonyl (C=O) groups excluding carboxylic acids is 1. The molecule has 0 saturated carbocycles. The summed E-state index contributed by atoms with van der Waals surface area (Å²) in [6, 6.07) is 4.13. The van der Waals surface area contributed by atoms with Crippen LogP contribution in [0, 0.1) is 42.4 Å². The molecule has 0 unspecified atom stereocenters. The molecule has 0 aromatic heterocycles. The molecule has 2 N–H and O–H groups in total. The number of rotatable bonds is 19. The Bertz CT molecular complexity index is 829. The third-order valence-electron chi connectivity index (χ3n) is 5.86. The van der Waals surface area contributed by atoms with Crippen molar-refractivity contribution in [2.75, 3.05) is 112 Å². The Labute approximate surface area is 214 Å². The lowest BCUT2D eigenvalue weighted by atomic mass is 10.4. The van der Waals surface area contributed by atoms with Crippen molar-refractivity contribution >= 4 is 6.03 Å². The van der Waals surface area contributed by atoms with Gasteiger partial charge in [0.15, 0.2) is 0 Å². The molecule has 13 heteroatoms. The Balaban J connectivity index is 2.51. The SMILES string of the molecule is [C-]#[N+]CN(CCN(C[N+]#[C-])C[N+]#[C-])CCN1CCN(CCN(CCN)CCN(CC#N)CC#N)C1=O. The topological polar surface area (TPSA) is 123 Å². The van der Waals surface area contributed by atoms with Gasteiger partial charge in [-0.05, 0) is 0 Å². The van der Waals surface area contributed by atoms with Crippen LogP contribution in [0.2, 0.25) is 0 Å². The van der Waals surface area contributed by atoms with Gasteiger partial charge >= 0.3 is 6.03 Å². The zero-order chi connectivity index (χ0) is 26.6. The molecular formula is C23H36N12O. The number of nitrogens with two attached hydrogens (primary N) is 1. The summed E-state index contributed by atoms with van der Waals surface area (Å²) in [5.74, 6) is 0. The highest BCUT2D eigenvalue weighted by Gasteiger charge is 2.28. The lowest BCUT2D eigenvalue weighted by Crippen LogP contribution is -2.44. The maximum atomic E-state index is 12.9. The highest BCUT2D eigenvalue weighted by molar-refractivity contribution is 5.76. The van der Waals surface area contributed by atoms with Gasteiger partial charge in [0.25, 0.3) is 20.0 Å². The Morgan fingerprint density at radius 3 is 1.67 bits per heavy atom. The molecular weight excluding hydrogens is 460 g/mol. The number of carbonyl (C=O) groups is 1. The number of nitrogens with zero attached hydrogens (tertiary/aromatic N) is 11. The lowest BCUT2D eigenvalue weighted by molar-refractivity contribution is 0.171. The number of urea groups is 1. The van der Waals surface area contributed by atoms with Crippen LogP contribution in [-0.2, 0) is 0 Å². The van der Waals surface area contributed by atoms with Crippen molar-refractivity contribution in [3.8, 4) is 12.1 Å². The minimum atomic E-state index is -0.0244. The van der Waals surface area contributed by atoms with Crippen molar-refractivity contribution in [3.05, 3.63) is 34.3 Å². The van der Waals surface area contributed by atoms with E-state index in [1.165, 1.54) is 0 Å². The highest BCUT2D eigenvalue weighted by atomic mass is 16.2. The van der Waals surface area contributed by atoms with Crippen molar-refractivity contribution in [1.82, 2.24) is 29.4 Å². The summed E-state index contributed by atoms with van der Waals surface area (Å²) in [4.78, 5) is 34.3. The van der Waals surface area contributed by atoms with E-state index in [0.717, 1.165) is 0 Å². The largest absolute Gasteiger partial charge is 0.329 e. The lowest BCUT2D eigenvalue weighted by Gasteiger charge is -2.27. The highest BCUT2D eigenvalue weighted by Crippen LogP contribution is 2.09. The fraction of sp³-hybridized carbons (Fsp3) is 0.739. The smallest absolute Gasteiger partial charge is 0.320 e. The molecule has 36 heavy (non-hydrogen) atoms. The summed E-state index contributed by atoms with van der Waals surface area (Å²) in [7, 11) is 0. The maximum Gasteiger partial charge on any atom is 0.320 e. The van der Waals surface area contributed by atoms with Gasteiger partial charge < -0.3 is 15.5 Å². The van der Waals surface area contributed by atoms with Gasteiger partial charge in [-0.1, -0.05) is 0 Å². The molecule has 1 heterocycles. The third-order valence-corrected chi connectivity index (χ3v) is 5.86. The van der Waals surface area contributed by atoms with Crippen LogP contribution in [0.25, 0.3) is 14.5 Å². The standard InChI is InChI=1S/C23H36N12O/c1-27-20-32(12-13-33(21-28-2)22-29-3)15-17-35-19-18-34(23(35)36)16-14-31(9-6-26)11-10-30(7-4-24)8-5-25/h6-22,26H2. The minimum Gasteiger partial charge on any atom is -0.329 e. The zero-order valence-electron chi connectivity index (χ0n) is 20.9. The molecule has 2 amide bonds. The molecule has 0 atom stereocenters. The molecule has 194 valence electrons. The van der Waals surface area contributed by atoms with Crippen LogP contribution >= 0.6 is 0 Å². The second-order valence-electron chi connectivity index (χ2n) is 8.32. The second-order valence-corrected chi connectivity index (χ2v) is 8.32. The monoisotopic (exact) mass is 496 g/mol. The Hall–Kier alpha value is -3.48. The number of hydrogen-bond acceptors (Lipinski definition) is 8. The maximum absolute atomic E-state index is 12.9. The Morgan fingerprint density at radius 1 is 0.722 bits per heavy atom. The molecule has 0 spiro atoms. The van der Waals surface area contributed by atoms with Gasteiger partial charge in [0, 0.05) is 78.5 Å². The number of amides is 2. The summed E-state index contributed by atoms with van der Waals surface area (Å²) in [5, 5.41) is 17.8. The predicted octanol–water partition coefficient (Wildman–Crippen LogP) is -0.432. The fourth-order valence-corrected chi connectivity index (χ4v) is 3.81.